The number of aromatic nitrogens is 2. The third-order valence-electron chi connectivity index (χ3n) is 4.32. The van der Waals surface area contributed by atoms with E-state index in [1.165, 1.54) is 0 Å². The van der Waals surface area contributed by atoms with Gasteiger partial charge in [-0.3, -0.25) is 9.78 Å². The number of benzene rings is 2. The molecule has 0 radical (unpaired) electrons. The lowest BCUT2D eigenvalue weighted by molar-refractivity contribution is -0.122. The monoisotopic (exact) mass is 419 g/mol. The number of anilines is 1. The third-order valence-corrected chi connectivity index (χ3v) is 4.32. The molecule has 4 rings (SSSR count). The average Bonchev–Trinajstić information content (AvgIpc) is 3.25. The summed E-state index contributed by atoms with van der Waals surface area (Å²) in [4.78, 5) is 21.0. The lowest BCUT2D eigenvalue weighted by Gasteiger charge is -2.15. The Morgan fingerprint density at radius 2 is 1.68 bits per heavy atom. The minimum absolute atomic E-state index is 0.266. The van der Waals surface area contributed by atoms with E-state index >= 15 is 0 Å². The molecule has 31 heavy (non-hydrogen) atoms. The Morgan fingerprint density at radius 3 is 2.35 bits per heavy atom. The molecule has 1 amide bonds. The molecular weight excluding hydrogens is 394 g/mol. The second-order valence-corrected chi connectivity index (χ2v) is 6.36. The SMILES string of the molecule is CC.COc1ccc(OC(C)C(=O)Nc2ccc3oc(-c4ccncc4)nc3c2)cc1. The van der Waals surface area contributed by atoms with Crippen molar-refractivity contribution in [3.63, 3.8) is 0 Å². The Labute approximate surface area is 181 Å². The van der Waals surface area contributed by atoms with Crippen molar-refractivity contribution in [1.29, 1.82) is 0 Å². The molecule has 160 valence electrons. The number of hydrogen-bond donors (Lipinski definition) is 1. The van der Waals surface area contributed by atoms with Gasteiger partial charge in [0.15, 0.2) is 11.7 Å². The van der Waals surface area contributed by atoms with Crippen LogP contribution in [0.4, 0.5) is 5.69 Å². The second kappa shape index (κ2) is 10.2. The summed E-state index contributed by atoms with van der Waals surface area (Å²) in [5.41, 5.74) is 2.74. The Balaban J connectivity index is 0.00000132. The molecule has 0 aliphatic heterocycles. The fourth-order valence-corrected chi connectivity index (χ4v) is 2.78. The zero-order chi connectivity index (χ0) is 22.2. The summed E-state index contributed by atoms with van der Waals surface area (Å²) in [5.74, 6) is 1.55. The number of ether oxygens (including phenoxy) is 2. The zero-order valence-electron chi connectivity index (χ0n) is 18.0. The second-order valence-electron chi connectivity index (χ2n) is 6.36. The van der Waals surface area contributed by atoms with Crippen LogP contribution in [0.2, 0.25) is 0 Å². The lowest BCUT2D eigenvalue weighted by Crippen LogP contribution is -2.30. The lowest BCUT2D eigenvalue weighted by atomic mass is 10.2. The van der Waals surface area contributed by atoms with Crippen LogP contribution in [0.3, 0.4) is 0 Å². The van der Waals surface area contributed by atoms with Gasteiger partial charge in [-0.1, -0.05) is 13.8 Å². The Bertz CT molecular complexity index is 1120. The van der Waals surface area contributed by atoms with Gasteiger partial charge in [0.1, 0.15) is 17.0 Å². The molecule has 0 spiro atoms. The van der Waals surface area contributed by atoms with Crippen molar-refractivity contribution >= 4 is 22.7 Å². The molecule has 1 N–H and O–H groups in total. The molecule has 0 saturated heterocycles. The van der Waals surface area contributed by atoms with Crippen molar-refractivity contribution in [2.24, 2.45) is 0 Å². The van der Waals surface area contributed by atoms with Crippen LogP contribution in [0.1, 0.15) is 20.8 Å². The van der Waals surface area contributed by atoms with Crippen molar-refractivity contribution in [2.45, 2.75) is 26.9 Å². The highest BCUT2D eigenvalue weighted by Gasteiger charge is 2.16. The van der Waals surface area contributed by atoms with Crippen LogP contribution < -0.4 is 14.8 Å². The van der Waals surface area contributed by atoms with Crippen LogP contribution in [0.25, 0.3) is 22.6 Å². The van der Waals surface area contributed by atoms with E-state index in [4.69, 9.17) is 13.9 Å². The van der Waals surface area contributed by atoms with Crippen LogP contribution in [-0.2, 0) is 4.79 Å². The van der Waals surface area contributed by atoms with Gasteiger partial charge in [-0.25, -0.2) is 4.98 Å². The van der Waals surface area contributed by atoms with Crippen molar-refractivity contribution in [3.8, 4) is 23.0 Å². The molecule has 4 aromatic rings. The maximum Gasteiger partial charge on any atom is 0.265 e. The van der Waals surface area contributed by atoms with Crippen molar-refractivity contribution in [1.82, 2.24) is 9.97 Å². The van der Waals surface area contributed by atoms with Crippen molar-refractivity contribution in [3.05, 3.63) is 67.0 Å². The number of fused-ring (bicyclic) bond motifs is 1. The van der Waals surface area contributed by atoms with E-state index < -0.39 is 6.10 Å². The summed E-state index contributed by atoms with van der Waals surface area (Å²) in [5, 5.41) is 2.85. The van der Waals surface area contributed by atoms with Crippen LogP contribution in [0, 0.1) is 0 Å². The number of hydrogen-bond acceptors (Lipinski definition) is 6. The summed E-state index contributed by atoms with van der Waals surface area (Å²) in [7, 11) is 1.59. The predicted octanol–water partition coefficient (Wildman–Crippen LogP) is 5.33. The highest BCUT2D eigenvalue weighted by atomic mass is 16.5. The van der Waals surface area contributed by atoms with Gasteiger partial charge in [-0.05, 0) is 61.5 Å². The fraction of sp³-hybridized carbons (Fsp3) is 0.208. The maximum absolute atomic E-state index is 12.5. The molecule has 1 unspecified atom stereocenters. The summed E-state index contributed by atoms with van der Waals surface area (Å²) in [6.45, 7) is 5.69. The van der Waals surface area contributed by atoms with Gasteiger partial charge in [-0.2, -0.15) is 0 Å². The van der Waals surface area contributed by atoms with E-state index in [-0.39, 0.29) is 5.91 Å². The van der Waals surface area contributed by atoms with Gasteiger partial charge < -0.3 is 19.2 Å². The maximum atomic E-state index is 12.5. The number of methoxy groups -OCH3 is 1. The third kappa shape index (κ3) is 5.39. The quantitative estimate of drug-likeness (QED) is 0.454. The molecular formula is C24H25N3O4. The number of carbonyl (C=O) groups is 1. The summed E-state index contributed by atoms with van der Waals surface area (Å²) < 4.78 is 16.6. The molecule has 0 fully saturated rings. The number of nitrogens with one attached hydrogen (secondary N) is 1. The van der Waals surface area contributed by atoms with E-state index in [0.29, 0.717) is 28.4 Å². The van der Waals surface area contributed by atoms with Crippen molar-refractivity contribution in [2.75, 3.05) is 12.4 Å². The van der Waals surface area contributed by atoms with Crippen LogP contribution >= 0.6 is 0 Å². The fourth-order valence-electron chi connectivity index (χ4n) is 2.78. The number of pyridine rings is 1. The molecule has 2 aromatic heterocycles. The Morgan fingerprint density at radius 1 is 1.00 bits per heavy atom. The van der Waals surface area contributed by atoms with Gasteiger partial charge >= 0.3 is 0 Å². The molecule has 7 heteroatoms. The van der Waals surface area contributed by atoms with Gasteiger partial charge in [0.05, 0.1) is 7.11 Å². The molecule has 0 aliphatic rings. The highest BCUT2D eigenvalue weighted by Crippen LogP contribution is 2.26. The zero-order valence-corrected chi connectivity index (χ0v) is 18.0. The molecule has 0 bridgehead atoms. The van der Waals surface area contributed by atoms with Crippen LogP contribution in [0.5, 0.6) is 11.5 Å². The highest BCUT2D eigenvalue weighted by molar-refractivity contribution is 5.95. The van der Waals surface area contributed by atoms with E-state index in [0.717, 1.165) is 11.3 Å². The predicted molar refractivity (Wildman–Crippen MR) is 120 cm³/mol. The van der Waals surface area contributed by atoms with Crippen LogP contribution in [-0.4, -0.2) is 29.1 Å². The standard InChI is InChI=1S/C22H19N3O4.C2H6/c1-14(28-18-6-4-17(27-2)5-7-18)21(26)24-16-3-8-20-19(13-16)25-22(29-20)15-9-11-23-12-10-15;1-2/h3-14H,1-2H3,(H,24,26);1-2H3. The normalized spacial score (nSPS) is 11.2. The van der Waals surface area contributed by atoms with E-state index in [1.807, 2.05) is 26.0 Å². The molecule has 0 saturated carbocycles. The van der Waals surface area contributed by atoms with E-state index in [1.54, 1.807) is 68.9 Å². The van der Waals surface area contributed by atoms with E-state index in [9.17, 15) is 4.79 Å². The van der Waals surface area contributed by atoms with Gasteiger partial charge in [0.25, 0.3) is 5.91 Å². The molecule has 2 heterocycles. The Hall–Kier alpha value is -3.87. The first-order chi connectivity index (χ1) is 15.1. The number of amides is 1. The first-order valence-corrected chi connectivity index (χ1v) is 10.0. The van der Waals surface area contributed by atoms with E-state index in [2.05, 4.69) is 15.3 Å². The average molecular weight is 419 g/mol. The Kier molecular flexibility index (Phi) is 7.22. The minimum atomic E-state index is -0.677. The largest absolute Gasteiger partial charge is 0.497 e. The number of rotatable bonds is 6. The number of oxazole rings is 1. The topological polar surface area (TPSA) is 86.5 Å². The molecule has 1 atom stereocenters. The van der Waals surface area contributed by atoms with Gasteiger partial charge in [0, 0.05) is 23.6 Å². The molecule has 2 aromatic carbocycles. The summed E-state index contributed by atoms with van der Waals surface area (Å²) >= 11 is 0. The van der Waals surface area contributed by atoms with Gasteiger partial charge in [0.2, 0.25) is 5.89 Å². The summed E-state index contributed by atoms with van der Waals surface area (Å²) in [6, 6.07) is 16.0. The first kappa shape index (κ1) is 21.8. The number of nitrogens with zero attached hydrogens (tertiary/aromatic N) is 2. The molecule has 7 nitrogen and oxygen atoms in total. The summed E-state index contributed by atoms with van der Waals surface area (Å²) in [6.07, 6.45) is 2.68. The number of carbonyl (C=O) groups excluding carboxylic acids is 1. The van der Waals surface area contributed by atoms with Gasteiger partial charge in [-0.15, -0.1) is 0 Å². The minimum Gasteiger partial charge on any atom is -0.497 e. The first-order valence-electron chi connectivity index (χ1n) is 10.0. The molecule has 0 aliphatic carbocycles. The van der Waals surface area contributed by atoms with Crippen molar-refractivity contribution < 1.29 is 18.7 Å². The van der Waals surface area contributed by atoms with Crippen LogP contribution in [0.15, 0.2) is 71.4 Å². The smallest absolute Gasteiger partial charge is 0.265 e.